The summed E-state index contributed by atoms with van der Waals surface area (Å²) in [5, 5.41) is 18.2. The summed E-state index contributed by atoms with van der Waals surface area (Å²) in [6, 6.07) is 5.08. The maximum atomic E-state index is 12.3. The number of carbonyl (C=O) groups is 1. The summed E-state index contributed by atoms with van der Waals surface area (Å²) < 4.78 is 3.61. The molecule has 3 aromatic heterocycles. The molecule has 24 heavy (non-hydrogen) atoms. The normalized spacial score (nSPS) is 16.8. The molecule has 0 aliphatic carbocycles. The number of rotatable bonds is 3. The zero-order chi connectivity index (χ0) is 16.5. The lowest BCUT2D eigenvalue weighted by Gasteiger charge is -2.22. The minimum absolute atomic E-state index is 0.147. The number of fused-ring (bicyclic) bond motifs is 2. The number of hydrogen-bond acceptors (Lipinski definition) is 5. The van der Waals surface area contributed by atoms with E-state index in [0.717, 1.165) is 37.5 Å². The van der Waals surface area contributed by atoms with Crippen LogP contribution < -0.4 is 10.6 Å². The first-order valence-electron chi connectivity index (χ1n) is 8.05. The number of carbonyl (C=O) groups excluding carboxylic acids is 1. The SMILES string of the molecule is CCc1nc2n(n1)CCC[C@@H]2NC(=O)Nc1nnc2ccccn12. The summed E-state index contributed by atoms with van der Waals surface area (Å²) in [7, 11) is 0. The van der Waals surface area contributed by atoms with Gasteiger partial charge < -0.3 is 5.32 Å². The zero-order valence-electron chi connectivity index (χ0n) is 13.3. The molecule has 2 amide bonds. The fraction of sp³-hybridized carbons (Fsp3) is 0.400. The zero-order valence-corrected chi connectivity index (χ0v) is 13.3. The molecule has 4 rings (SSSR count). The van der Waals surface area contributed by atoms with Gasteiger partial charge in [0.1, 0.15) is 5.82 Å². The van der Waals surface area contributed by atoms with Gasteiger partial charge in [0.15, 0.2) is 11.5 Å². The van der Waals surface area contributed by atoms with E-state index in [-0.39, 0.29) is 12.1 Å². The molecule has 3 aromatic rings. The van der Waals surface area contributed by atoms with Gasteiger partial charge in [0, 0.05) is 19.2 Å². The molecule has 1 aliphatic heterocycles. The van der Waals surface area contributed by atoms with Crippen molar-refractivity contribution in [3.8, 4) is 0 Å². The highest BCUT2D eigenvalue weighted by Gasteiger charge is 2.25. The first kappa shape index (κ1) is 14.6. The van der Waals surface area contributed by atoms with E-state index in [4.69, 9.17) is 0 Å². The van der Waals surface area contributed by atoms with Crippen molar-refractivity contribution < 1.29 is 4.79 Å². The Balaban J connectivity index is 1.50. The summed E-state index contributed by atoms with van der Waals surface area (Å²) in [6.07, 6.45) is 4.38. The summed E-state index contributed by atoms with van der Waals surface area (Å²) in [5.74, 6) is 2.01. The molecule has 0 spiro atoms. The molecule has 0 unspecified atom stereocenters. The Morgan fingerprint density at radius 2 is 2.29 bits per heavy atom. The monoisotopic (exact) mass is 326 g/mol. The van der Waals surface area contributed by atoms with Gasteiger partial charge in [-0.25, -0.2) is 14.5 Å². The molecule has 1 aliphatic rings. The first-order chi connectivity index (χ1) is 11.7. The molecule has 0 saturated heterocycles. The van der Waals surface area contributed by atoms with E-state index >= 15 is 0 Å². The molecule has 4 heterocycles. The third-order valence-electron chi connectivity index (χ3n) is 4.08. The molecule has 0 saturated carbocycles. The van der Waals surface area contributed by atoms with E-state index in [1.54, 1.807) is 10.6 Å². The van der Waals surface area contributed by atoms with Crippen LogP contribution in [0.1, 0.15) is 37.5 Å². The van der Waals surface area contributed by atoms with E-state index < -0.39 is 0 Å². The molecule has 1 atom stereocenters. The van der Waals surface area contributed by atoms with Crippen molar-refractivity contribution in [3.63, 3.8) is 0 Å². The molecule has 2 N–H and O–H groups in total. The molecular formula is C15H18N8O. The molecular weight excluding hydrogens is 308 g/mol. The van der Waals surface area contributed by atoms with E-state index in [0.29, 0.717) is 11.6 Å². The fourth-order valence-electron chi connectivity index (χ4n) is 2.91. The summed E-state index contributed by atoms with van der Waals surface area (Å²) in [5.41, 5.74) is 0.679. The number of amides is 2. The van der Waals surface area contributed by atoms with Crippen LogP contribution in [0, 0.1) is 0 Å². The predicted octanol–water partition coefficient (Wildman–Crippen LogP) is 1.54. The Morgan fingerprint density at radius 3 is 3.17 bits per heavy atom. The summed E-state index contributed by atoms with van der Waals surface area (Å²) in [4.78, 5) is 16.9. The maximum absolute atomic E-state index is 12.3. The van der Waals surface area contributed by atoms with Crippen LogP contribution in [0.25, 0.3) is 5.65 Å². The Bertz CT molecular complexity index is 883. The van der Waals surface area contributed by atoms with Crippen molar-refractivity contribution in [2.24, 2.45) is 0 Å². The van der Waals surface area contributed by atoms with Crippen LogP contribution in [-0.2, 0) is 13.0 Å². The number of aromatic nitrogens is 6. The predicted molar refractivity (Wildman–Crippen MR) is 86.5 cm³/mol. The highest BCUT2D eigenvalue weighted by molar-refractivity contribution is 5.88. The van der Waals surface area contributed by atoms with E-state index in [1.165, 1.54) is 0 Å². The van der Waals surface area contributed by atoms with Crippen molar-refractivity contribution in [1.82, 2.24) is 34.7 Å². The second-order valence-electron chi connectivity index (χ2n) is 5.71. The van der Waals surface area contributed by atoms with Gasteiger partial charge in [-0.1, -0.05) is 13.0 Å². The van der Waals surface area contributed by atoms with Crippen molar-refractivity contribution in [2.75, 3.05) is 5.32 Å². The molecule has 9 heteroatoms. The van der Waals surface area contributed by atoms with Crippen LogP contribution in [0.3, 0.4) is 0 Å². The second kappa shape index (κ2) is 5.91. The van der Waals surface area contributed by atoms with Crippen LogP contribution in [-0.4, -0.2) is 35.4 Å². The standard InChI is InChI=1S/C15H18N8O/c1-2-11-17-13-10(6-5-9-23(13)21-11)16-15(24)18-14-20-19-12-7-3-4-8-22(12)14/h3-4,7-8,10H,2,5-6,9H2,1H3,(H2,16,18,20,24)/t10-/m0/s1. The highest BCUT2D eigenvalue weighted by Crippen LogP contribution is 2.23. The van der Waals surface area contributed by atoms with Gasteiger partial charge in [-0.2, -0.15) is 5.10 Å². The second-order valence-corrected chi connectivity index (χ2v) is 5.71. The number of hydrogen-bond donors (Lipinski definition) is 2. The number of nitrogens with zero attached hydrogens (tertiary/aromatic N) is 6. The number of urea groups is 1. The van der Waals surface area contributed by atoms with E-state index in [9.17, 15) is 4.79 Å². The Hall–Kier alpha value is -2.97. The van der Waals surface area contributed by atoms with E-state index in [1.807, 2.05) is 29.8 Å². The van der Waals surface area contributed by atoms with Crippen molar-refractivity contribution in [1.29, 1.82) is 0 Å². The first-order valence-corrected chi connectivity index (χ1v) is 8.05. The minimum atomic E-state index is -0.326. The van der Waals surface area contributed by atoms with Gasteiger partial charge in [-0.15, -0.1) is 10.2 Å². The lowest BCUT2D eigenvalue weighted by Crippen LogP contribution is -2.36. The third kappa shape index (κ3) is 2.57. The lowest BCUT2D eigenvalue weighted by atomic mass is 10.1. The smallest absolute Gasteiger partial charge is 0.322 e. The molecule has 0 aromatic carbocycles. The van der Waals surface area contributed by atoms with Crippen LogP contribution in [0.5, 0.6) is 0 Å². The van der Waals surface area contributed by atoms with Crippen LogP contribution in [0.4, 0.5) is 10.7 Å². The minimum Gasteiger partial charge on any atom is -0.328 e. The van der Waals surface area contributed by atoms with Crippen LogP contribution in [0.15, 0.2) is 24.4 Å². The average Bonchev–Trinajstić information content (AvgIpc) is 3.20. The van der Waals surface area contributed by atoms with E-state index in [2.05, 4.69) is 30.9 Å². The quantitative estimate of drug-likeness (QED) is 0.760. The molecule has 9 nitrogen and oxygen atoms in total. The van der Waals surface area contributed by atoms with Crippen molar-refractivity contribution in [3.05, 3.63) is 36.0 Å². The topological polar surface area (TPSA) is 102 Å². The van der Waals surface area contributed by atoms with Gasteiger partial charge >= 0.3 is 6.03 Å². The van der Waals surface area contributed by atoms with Crippen molar-refractivity contribution in [2.45, 2.75) is 38.8 Å². The lowest BCUT2D eigenvalue weighted by molar-refractivity contribution is 0.244. The molecule has 0 bridgehead atoms. The van der Waals surface area contributed by atoms with Gasteiger partial charge in [-0.3, -0.25) is 9.72 Å². The Morgan fingerprint density at radius 1 is 1.38 bits per heavy atom. The van der Waals surface area contributed by atoms with Gasteiger partial charge in [-0.05, 0) is 25.0 Å². The number of pyridine rings is 1. The van der Waals surface area contributed by atoms with Crippen LogP contribution in [0.2, 0.25) is 0 Å². The Labute approximate surface area is 138 Å². The van der Waals surface area contributed by atoms with Crippen LogP contribution >= 0.6 is 0 Å². The van der Waals surface area contributed by atoms with Gasteiger partial charge in [0.05, 0.1) is 6.04 Å². The number of aryl methyl sites for hydroxylation is 2. The largest absolute Gasteiger partial charge is 0.328 e. The molecule has 124 valence electrons. The maximum Gasteiger partial charge on any atom is 0.322 e. The molecule has 0 radical (unpaired) electrons. The summed E-state index contributed by atoms with van der Waals surface area (Å²) in [6.45, 7) is 2.86. The average molecular weight is 326 g/mol. The fourth-order valence-corrected chi connectivity index (χ4v) is 2.91. The number of anilines is 1. The number of nitrogens with one attached hydrogen (secondary N) is 2. The van der Waals surface area contributed by atoms with Crippen molar-refractivity contribution >= 4 is 17.6 Å². The summed E-state index contributed by atoms with van der Waals surface area (Å²) >= 11 is 0. The van der Waals surface area contributed by atoms with Gasteiger partial charge in [0.25, 0.3) is 0 Å². The third-order valence-corrected chi connectivity index (χ3v) is 4.08. The highest BCUT2D eigenvalue weighted by atomic mass is 16.2. The molecule has 0 fully saturated rings. The van der Waals surface area contributed by atoms with Gasteiger partial charge in [0.2, 0.25) is 5.95 Å². The Kier molecular flexibility index (Phi) is 3.60.